The van der Waals surface area contributed by atoms with E-state index in [1.807, 2.05) is 128 Å². The number of aromatic nitrogens is 4. The topological polar surface area (TPSA) is 146 Å². The van der Waals surface area contributed by atoms with Crippen molar-refractivity contribution in [2.24, 2.45) is 0 Å². The second-order valence-electron chi connectivity index (χ2n) is 21.1. The van der Waals surface area contributed by atoms with Crippen LogP contribution in [-0.4, -0.2) is 79.0 Å². The Morgan fingerprint density at radius 1 is 0.300 bits per heavy atom. The summed E-state index contributed by atoms with van der Waals surface area (Å²) in [5.74, 6) is 0. The molecule has 14 rings (SSSR count). The molecule has 0 saturated heterocycles. The number of hydrogen-bond donors (Lipinski definition) is 3. The molecule has 0 aliphatic heterocycles. The summed E-state index contributed by atoms with van der Waals surface area (Å²) in [4.78, 5) is 17.6. The Kier molecular flexibility index (Phi) is 32.4. The average molecular weight is 1730 g/mol. The molecule has 17 heteroatoms. The summed E-state index contributed by atoms with van der Waals surface area (Å²) in [5, 5.41) is 24.9. The van der Waals surface area contributed by atoms with Crippen LogP contribution in [0, 0.1) is 18.2 Å². The number of nitrogens with zero attached hydrogens (tertiary/aromatic N) is 4. The van der Waals surface area contributed by atoms with Gasteiger partial charge in [0.2, 0.25) is 0 Å². The van der Waals surface area contributed by atoms with Crippen LogP contribution in [0.4, 0.5) is 13.2 Å². The van der Waals surface area contributed by atoms with Crippen LogP contribution in [-0.2, 0) is 50.3 Å². The van der Waals surface area contributed by atoms with Gasteiger partial charge in [0.15, 0.2) is 16.1 Å². The van der Waals surface area contributed by atoms with Gasteiger partial charge in [-0.05, 0) is 83.7 Å². The molecule has 9 nitrogen and oxygen atoms in total. The van der Waals surface area contributed by atoms with E-state index in [0.29, 0.717) is 0 Å². The Morgan fingerprint density at radius 3 is 0.840 bits per heavy atom. The fraction of sp³-hybridized carbons (Fsp3) is 0.0361. The SMILES string of the molecule is CO.CO.O=S(=O)(O)C(F)(F)F.[Ir].[Ir].[c-]1ccc([Si](c2ccccc2)(c2ccccc2)c2ccccc2)cc1-c1ccccn1.[c-]1ccccc1-c1ccccn1.[c-]1ccccc1-c1ccccn1.c1ccc([Si](c2ccccc2)(c2ccccc2)c2cccc(-c3ccccn3)c2)cc1. The standard InChI is InChI=1S/C29H23NSi.C29H22NSi.2C11H8N.CHF3O3S.2CH4O.2Ir/c2*1-4-14-25(15-5-1)31(26-16-6-2-7-17-26,27-18-8-3-9-19-27)28-20-12-13-24(23-28)29-21-10-11-22-30-29;2*1-2-6-10(7-3-1)11-8-4-5-9-12-11;2-1(3,4)8(5,6)7;2*1-2;;/h1-23H;1-12,14-23H;2*1-6,8-9H;(H,5,6,7);2*2H,1H3;;/q;3*-1;;;;;. The molecule has 0 aliphatic rings. The molecule has 0 spiro atoms. The van der Waals surface area contributed by atoms with Crippen molar-refractivity contribution in [2.45, 2.75) is 5.51 Å². The molecule has 508 valence electrons. The maximum atomic E-state index is 10.7. The molecule has 0 fully saturated rings. The van der Waals surface area contributed by atoms with E-state index in [0.717, 1.165) is 59.2 Å². The first-order chi connectivity index (χ1) is 48.0. The Labute approximate surface area is 613 Å². The van der Waals surface area contributed by atoms with Gasteiger partial charge in [0, 0.05) is 84.8 Å². The van der Waals surface area contributed by atoms with Crippen LogP contribution in [0.3, 0.4) is 0 Å². The van der Waals surface area contributed by atoms with E-state index in [4.69, 9.17) is 23.2 Å². The molecular formula is C83H70F3Ir2N4O5SSi2-3. The third-order valence-corrected chi connectivity index (χ3v) is 25.4. The normalized spacial score (nSPS) is 10.5. The van der Waals surface area contributed by atoms with E-state index in [9.17, 15) is 13.2 Å². The molecule has 3 N–H and O–H groups in total. The van der Waals surface area contributed by atoms with Gasteiger partial charge in [0.25, 0.3) is 0 Å². The van der Waals surface area contributed by atoms with E-state index in [1.165, 1.54) is 41.5 Å². The first-order valence-electron chi connectivity index (χ1n) is 30.9. The fourth-order valence-corrected chi connectivity index (χ4v) is 20.7. The predicted molar refractivity (Wildman–Crippen MR) is 396 cm³/mol. The molecule has 0 unspecified atom stereocenters. The Morgan fingerprint density at radius 2 is 0.560 bits per heavy atom. The van der Waals surface area contributed by atoms with E-state index in [1.54, 1.807) is 12.4 Å². The number of benzene rings is 10. The number of aliphatic hydroxyl groups is 2. The largest absolute Gasteiger partial charge is 0.522 e. The van der Waals surface area contributed by atoms with Gasteiger partial charge < -0.3 is 25.2 Å². The molecule has 0 aliphatic carbocycles. The number of hydrogen-bond acceptors (Lipinski definition) is 8. The zero-order chi connectivity index (χ0) is 69.3. The minimum absolute atomic E-state index is 0. The maximum Gasteiger partial charge on any atom is 0.522 e. The van der Waals surface area contributed by atoms with Gasteiger partial charge in [-0.2, -0.15) is 21.6 Å². The van der Waals surface area contributed by atoms with Crippen molar-refractivity contribution >= 4 is 67.8 Å². The number of rotatable bonds is 12. The van der Waals surface area contributed by atoms with Crippen molar-refractivity contribution in [3.8, 4) is 45.0 Å². The first-order valence-corrected chi connectivity index (χ1v) is 36.4. The minimum Gasteiger partial charge on any atom is -0.400 e. The van der Waals surface area contributed by atoms with Crippen LogP contribution in [0.2, 0.25) is 0 Å². The van der Waals surface area contributed by atoms with Crippen molar-refractivity contribution in [1.29, 1.82) is 0 Å². The van der Waals surface area contributed by atoms with Gasteiger partial charge in [-0.15, -0.1) is 107 Å². The van der Waals surface area contributed by atoms with Gasteiger partial charge in [-0.1, -0.05) is 249 Å². The van der Waals surface area contributed by atoms with Gasteiger partial charge in [0.05, 0.1) is 5.69 Å². The van der Waals surface area contributed by atoms with Gasteiger partial charge in [-0.25, -0.2) is 0 Å². The Balaban J connectivity index is 0.000000211. The van der Waals surface area contributed by atoms with Crippen LogP contribution in [0.1, 0.15) is 0 Å². The second kappa shape index (κ2) is 40.9. The summed E-state index contributed by atoms with van der Waals surface area (Å²) in [6, 6.07) is 131. The summed E-state index contributed by atoms with van der Waals surface area (Å²) >= 11 is 0. The summed E-state index contributed by atoms with van der Waals surface area (Å²) in [6.45, 7) is 0. The Bertz CT molecular complexity index is 4110. The Hall–Kier alpha value is -9.85. The molecule has 100 heavy (non-hydrogen) atoms. The van der Waals surface area contributed by atoms with Crippen molar-refractivity contribution < 1.29 is 76.6 Å². The van der Waals surface area contributed by atoms with Gasteiger partial charge >= 0.3 is 15.6 Å². The van der Waals surface area contributed by atoms with Crippen LogP contribution in [0.15, 0.2) is 371 Å². The monoisotopic (exact) mass is 1730 g/mol. The van der Waals surface area contributed by atoms with E-state index < -0.39 is 31.8 Å². The summed E-state index contributed by atoms with van der Waals surface area (Å²) in [5.41, 5.74) is 2.61. The first kappa shape index (κ1) is 79.1. The van der Waals surface area contributed by atoms with Gasteiger partial charge in [0.1, 0.15) is 0 Å². The average Bonchev–Trinajstić information content (AvgIpc) is 0.742. The van der Waals surface area contributed by atoms with E-state index in [2.05, 4.69) is 269 Å². The van der Waals surface area contributed by atoms with Crippen LogP contribution >= 0.6 is 0 Å². The summed E-state index contributed by atoms with van der Waals surface area (Å²) < 4.78 is 57.5. The fourth-order valence-electron chi connectivity index (χ4n) is 11.1. The van der Waals surface area contributed by atoms with Crippen LogP contribution in [0.25, 0.3) is 45.0 Å². The number of pyridine rings is 4. The second-order valence-corrected chi connectivity index (χ2v) is 30.1. The number of alkyl halides is 3. The predicted octanol–water partition coefficient (Wildman–Crippen LogP) is 12.8. The molecule has 0 atom stereocenters. The van der Waals surface area contributed by atoms with Crippen molar-refractivity contribution in [2.75, 3.05) is 14.2 Å². The summed E-state index contributed by atoms with van der Waals surface area (Å²) in [7, 11) is -8.84. The number of halogens is 3. The van der Waals surface area contributed by atoms with Crippen molar-refractivity contribution in [3.63, 3.8) is 0 Å². The molecule has 4 aromatic heterocycles. The maximum absolute atomic E-state index is 10.7. The summed E-state index contributed by atoms with van der Waals surface area (Å²) in [6.07, 6.45) is 7.27. The van der Waals surface area contributed by atoms with Crippen LogP contribution in [0.5, 0.6) is 0 Å². The molecule has 0 amide bonds. The van der Waals surface area contributed by atoms with Crippen molar-refractivity contribution in [1.82, 2.24) is 19.9 Å². The van der Waals surface area contributed by atoms with Crippen molar-refractivity contribution in [3.05, 3.63) is 389 Å². The van der Waals surface area contributed by atoms with Crippen LogP contribution < -0.4 is 41.5 Å². The molecule has 0 saturated carbocycles. The van der Waals surface area contributed by atoms with E-state index in [-0.39, 0.29) is 40.2 Å². The molecule has 0 bridgehead atoms. The van der Waals surface area contributed by atoms with Gasteiger partial charge in [-0.3, -0.25) is 9.54 Å². The smallest absolute Gasteiger partial charge is 0.400 e. The number of aliphatic hydroxyl groups excluding tert-OH is 2. The third kappa shape index (κ3) is 20.9. The van der Waals surface area contributed by atoms with E-state index >= 15 is 0 Å². The minimum atomic E-state index is -5.84. The molecule has 4 heterocycles. The zero-order valence-corrected chi connectivity index (χ0v) is 62.0. The third-order valence-electron chi connectivity index (χ3n) is 15.3. The molecular weight excluding hydrogens is 1660 g/mol. The quantitative estimate of drug-likeness (QED) is 0.0358. The molecule has 10 aromatic carbocycles. The molecule has 14 aromatic rings. The molecule has 2 radical (unpaired) electrons. The zero-order valence-electron chi connectivity index (χ0n) is 54.4.